The van der Waals surface area contributed by atoms with Gasteiger partial charge in [0, 0.05) is 5.02 Å². The van der Waals surface area contributed by atoms with E-state index in [1.165, 1.54) is 6.07 Å². The van der Waals surface area contributed by atoms with E-state index in [-0.39, 0.29) is 5.69 Å². The van der Waals surface area contributed by atoms with Crippen molar-refractivity contribution >= 4 is 23.2 Å². The van der Waals surface area contributed by atoms with E-state index in [2.05, 4.69) is 5.32 Å². The van der Waals surface area contributed by atoms with Gasteiger partial charge in [0.05, 0.1) is 5.69 Å². The highest BCUT2D eigenvalue weighted by Gasteiger charge is 2.18. The number of rotatable bonds is 4. The van der Waals surface area contributed by atoms with Gasteiger partial charge in [0.2, 0.25) is 5.91 Å². The van der Waals surface area contributed by atoms with Crippen molar-refractivity contribution < 1.29 is 9.18 Å². The van der Waals surface area contributed by atoms with E-state index < -0.39 is 17.8 Å². The lowest BCUT2D eigenvalue weighted by Crippen LogP contribution is -2.28. The molecule has 3 N–H and O–H groups in total. The molecule has 2 aromatic rings. The summed E-state index contributed by atoms with van der Waals surface area (Å²) in [6.07, 6.45) is 0. The molecule has 0 saturated heterocycles. The molecule has 0 radical (unpaired) electrons. The Labute approximate surface area is 115 Å². The summed E-state index contributed by atoms with van der Waals surface area (Å²) in [5.41, 5.74) is 6.20. The van der Waals surface area contributed by atoms with Crippen LogP contribution in [0.1, 0.15) is 11.6 Å². The molecular weight excluding hydrogens is 267 g/mol. The van der Waals surface area contributed by atoms with Crippen LogP contribution in [0.25, 0.3) is 0 Å². The van der Waals surface area contributed by atoms with Crippen LogP contribution in [0.15, 0.2) is 48.5 Å². The molecule has 0 aliphatic rings. The Bertz CT molecular complexity index is 586. The predicted octanol–water partition coefficient (Wildman–Crippen LogP) is 3.12. The molecular formula is C14H12ClFN2O. The summed E-state index contributed by atoms with van der Waals surface area (Å²) in [4.78, 5) is 11.5. The Morgan fingerprint density at radius 3 is 2.37 bits per heavy atom. The molecule has 2 rings (SSSR count). The number of para-hydroxylation sites is 1. The fourth-order valence-electron chi connectivity index (χ4n) is 1.71. The van der Waals surface area contributed by atoms with Crippen molar-refractivity contribution in [1.82, 2.24) is 0 Å². The van der Waals surface area contributed by atoms with Gasteiger partial charge in [-0.25, -0.2) is 4.39 Å². The number of carbonyl (C=O) groups excluding carboxylic acids is 1. The van der Waals surface area contributed by atoms with E-state index in [9.17, 15) is 9.18 Å². The smallest absolute Gasteiger partial charge is 0.244 e. The molecule has 0 saturated carbocycles. The van der Waals surface area contributed by atoms with Crippen molar-refractivity contribution in [3.63, 3.8) is 0 Å². The fourth-order valence-corrected chi connectivity index (χ4v) is 1.83. The second-order valence-electron chi connectivity index (χ2n) is 4.01. The predicted molar refractivity (Wildman–Crippen MR) is 73.4 cm³/mol. The maximum Gasteiger partial charge on any atom is 0.244 e. The number of primary amides is 1. The number of nitrogens with one attached hydrogen (secondary N) is 1. The third-order valence-electron chi connectivity index (χ3n) is 2.66. The third-order valence-corrected chi connectivity index (χ3v) is 2.91. The average Bonchev–Trinajstić information content (AvgIpc) is 2.39. The second-order valence-corrected chi connectivity index (χ2v) is 4.45. The normalized spacial score (nSPS) is 11.9. The molecule has 1 amide bonds. The van der Waals surface area contributed by atoms with Crippen molar-refractivity contribution in [3.8, 4) is 0 Å². The first kappa shape index (κ1) is 13.4. The Hall–Kier alpha value is -2.07. The number of halogens is 2. The minimum Gasteiger partial charge on any atom is -0.368 e. The Morgan fingerprint density at radius 1 is 1.16 bits per heavy atom. The van der Waals surface area contributed by atoms with Crippen molar-refractivity contribution in [2.45, 2.75) is 6.04 Å². The molecule has 0 bridgehead atoms. The summed E-state index contributed by atoms with van der Waals surface area (Å²) < 4.78 is 13.6. The summed E-state index contributed by atoms with van der Waals surface area (Å²) in [5.74, 6) is -1.03. The van der Waals surface area contributed by atoms with Crippen LogP contribution < -0.4 is 11.1 Å². The van der Waals surface area contributed by atoms with E-state index in [4.69, 9.17) is 17.3 Å². The SMILES string of the molecule is NC(=O)C(Nc1ccccc1F)c1ccc(Cl)cc1. The number of nitrogens with two attached hydrogens (primary N) is 1. The lowest BCUT2D eigenvalue weighted by atomic mass is 10.1. The van der Waals surface area contributed by atoms with E-state index >= 15 is 0 Å². The van der Waals surface area contributed by atoms with Crippen LogP contribution in [0, 0.1) is 5.82 Å². The van der Waals surface area contributed by atoms with Crippen LogP contribution in [-0.4, -0.2) is 5.91 Å². The quantitative estimate of drug-likeness (QED) is 0.903. The maximum absolute atomic E-state index is 13.6. The topological polar surface area (TPSA) is 55.1 Å². The monoisotopic (exact) mass is 278 g/mol. The zero-order valence-electron chi connectivity index (χ0n) is 9.94. The van der Waals surface area contributed by atoms with Gasteiger partial charge in [0.25, 0.3) is 0 Å². The third kappa shape index (κ3) is 3.23. The van der Waals surface area contributed by atoms with E-state index in [1.807, 2.05) is 0 Å². The standard InChI is InChI=1S/C14H12ClFN2O/c15-10-7-5-9(6-8-10)13(14(17)19)18-12-4-2-1-3-11(12)16/h1-8,13,18H,(H2,17,19). The van der Waals surface area contributed by atoms with Crippen LogP contribution >= 0.6 is 11.6 Å². The van der Waals surface area contributed by atoms with Crippen molar-refractivity contribution in [1.29, 1.82) is 0 Å². The van der Waals surface area contributed by atoms with Gasteiger partial charge in [0.15, 0.2) is 0 Å². The number of anilines is 1. The van der Waals surface area contributed by atoms with Gasteiger partial charge in [0.1, 0.15) is 11.9 Å². The zero-order chi connectivity index (χ0) is 13.8. The molecule has 98 valence electrons. The Balaban J connectivity index is 2.29. The second kappa shape index (κ2) is 5.71. The van der Waals surface area contributed by atoms with Gasteiger partial charge in [-0.1, -0.05) is 35.9 Å². The van der Waals surface area contributed by atoms with E-state index in [0.717, 1.165) is 0 Å². The van der Waals surface area contributed by atoms with Crippen molar-refractivity contribution in [3.05, 3.63) is 64.9 Å². The van der Waals surface area contributed by atoms with Gasteiger partial charge in [-0.15, -0.1) is 0 Å². The van der Waals surface area contributed by atoms with Gasteiger partial charge in [-0.3, -0.25) is 4.79 Å². The van der Waals surface area contributed by atoms with Crippen LogP contribution in [0.4, 0.5) is 10.1 Å². The molecule has 3 nitrogen and oxygen atoms in total. The zero-order valence-corrected chi connectivity index (χ0v) is 10.7. The van der Waals surface area contributed by atoms with E-state index in [0.29, 0.717) is 10.6 Å². The van der Waals surface area contributed by atoms with Crippen molar-refractivity contribution in [2.24, 2.45) is 5.73 Å². The van der Waals surface area contributed by atoms with Crippen LogP contribution in [0.2, 0.25) is 5.02 Å². The van der Waals surface area contributed by atoms with Crippen molar-refractivity contribution in [2.75, 3.05) is 5.32 Å². The molecule has 0 heterocycles. The molecule has 1 atom stereocenters. The number of benzene rings is 2. The Kier molecular flexibility index (Phi) is 4.02. The molecule has 2 aromatic carbocycles. The van der Waals surface area contributed by atoms with E-state index in [1.54, 1.807) is 42.5 Å². The molecule has 1 unspecified atom stereocenters. The van der Waals surface area contributed by atoms with Gasteiger partial charge in [-0.05, 0) is 29.8 Å². The van der Waals surface area contributed by atoms with Gasteiger partial charge in [-0.2, -0.15) is 0 Å². The first-order chi connectivity index (χ1) is 9.08. The summed E-state index contributed by atoms with van der Waals surface area (Å²) in [7, 11) is 0. The first-order valence-corrected chi connectivity index (χ1v) is 6.01. The largest absolute Gasteiger partial charge is 0.368 e. The number of hydrogen-bond acceptors (Lipinski definition) is 2. The van der Waals surface area contributed by atoms with Gasteiger partial charge < -0.3 is 11.1 Å². The highest BCUT2D eigenvalue weighted by molar-refractivity contribution is 6.30. The molecule has 0 aromatic heterocycles. The summed E-state index contributed by atoms with van der Waals surface area (Å²) in [6.45, 7) is 0. The molecule has 0 fully saturated rings. The molecule has 5 heteroatoms. The fraction of sp³-hybridized carbons (Fsp3) is 0.0714. The average molecular weight is 279 g/mol. The first-order valence-electron chi connectivity index (χ1n) is 5.64. The Morgan fingerprint density at radius 2 is 1.79 bits per heavy atom. The highest BCUT2D eigenvalue weighted by atomic mass is 35.5. The number of hydrogen-bond donors (Lipinski definition) is 2. The minimum absolute atomic E-state index is 0.223. The lowest BCUT2D eigenvalue weighted by molar-refractivity contribution is -0.118. The highest BCUT2D eigenvalue weighted by Crippen LogP contribution is 2.22. The lowest BCUT2D eigenvalue weighted by Gasteiger charge is -2.17. The minimum atomic E-state index is -0.811. The molecule has 0 aliphatic carbocycles. The number of carbonyl (C=O) groups is 1. The molecule has 0 aliphatic heterocycles. The maximum atomic E-state index is 13.6. The van der Waals surface area contributed by atoms with Crippen LogP contribution in [-0.2, 0) is 4.79 Å². The van der Waals surface area contributed by atoms with Crippen LogP contribution in [0.5, 0.6) is 0 Å². The summed E-state index contributed by atoms with van der Waals surface area (Å²) in [6, 6.07) is 11.9. The summed E-state index contributed by atoms with van der Waals surface area (Å²) in [5, 5.41) is 3.34. The molecule has 19 heavy (non-hydrogen) atoms. The van der Waals surface area contributed by atoms with Gasteiger partial charge >= 0.3 is 0 Å². The summed E-state index contributed by atoms with van der Waals surface area (Å²) >= 11 is 5.78. The molecule has 0 spiro atoms. The number of amides is 1. The van der Waals surface area contributed by atoms with Crippen LogP contribution in [0.3, 0.4) is 0 Å².